The molecule has 5 aromatic rings. The molecule has 15 heteroatoms. The molecule has 0 unspecified atom stereocenters. The number of H-pyrrole nitrogens is 2. The van der Waals surface area contributed by atoms with Crippen LogP contribution >= 0.6 is 0 Å². The summed E-state index contributed by atoms with van der Waals surface area (Å²) < 4.78 is 4.84. The number of aromatic nitrogens is 5. The van der Waals surface area contributed by atoms with Crippen molar-refractivity contribution in [1.82, 2.24) is 45.4 Å². The molecular weight excluding hydrogens is 845 g/mol. The molecule has 1 saturated carbocycles. The highest BCUT2D eigenvalue weighted by atomic mass is 16.5. The van der Waals surface area contributed by atoms with Crippen LogP contribution in [-0.2, 0) is 19.1 Å². The van der Waals surface area contributed by atoms with Crippen LogP contribution in [0.2, 0.25) is 0 Å². The van der Waals surface area contributed by atoms with Gasteiger partial charge in [0.15, 0.2) is 0 Å². The Morgan fingerprint density at radius 3 is 1.69 bits per heavy atom. The maximum Gasteiger partial charge on any atom is 0.407 e. The SMILES string of the molecule is CCC(=O)N[C@H](C(=O)N1CCC[C@H]1c1nc2ccc([C@H]3CC[C@H](c4ccc5nc([C@@H]6CCCN6C(=O)[C@@H](NC(=O)OC)C(C)C)[nH]c5c4)N3c3ccc(C4CCCCC4)nc3)cc2[nH]1)C(C)C. The summed E-state index contributed by atoms with van der Waals surface area (Å²) in [6.07, 6.45) is 13.1. The molecule has 3 aromatic heterocycles. The fourth-order valence-electron chi connectivity index (χ4n) is 11.3. The molecule has 6 atom stereocenters. The normalized spacial score (nSPS) is 22.3. The van der Waals surface area contributed by atoms with Crippen molar-refractivity contribution in [2.75, 3.05) is 25.1 Å². The number of nitrogens with one attached hydrogen (secondary N) is 4. The van der Waals surface area contributed by atoms with E-state index in [2.05, 4.69) is 80.2 Å². The van der Waals surface area contributed by atoms with E-state index in [1.807, 2.05) is 37.5 Å². The molecule has 356 valence electrons. The largest absolute Gasteiger partial charge is 0.453 e. The number of fused-ring (bicyclic) bond motifs is 2. The number of methoxy groups -OCH3 is 1. The molecule has 4 aliphatic rings. The predicted molar refractivity (Wildman–Crippen MR) is 258 cm³/mol. The Balaban J connectivity index is 1.01. The van der Waals surface area contributed by atoms with Gasteiger partial charge in [0.05, 0.1) is 65.2 Å². The predicted octanol–water partition coefficient (Wildman–Crippen LogP) is 9.22. The van der Waals surface area contributed by atoms with E-state index in [1.165, 1.54) is 56.0 Å². The van der Waals surface area contributed by atoms with Gasteiger partial charge in [-0.1, -0.05) is 66.0 Å². The number of rotatable bonds is 13. The van der Waals surface area contributed by atoms with E-state index < -0.39 is 18.2 Å². The molecule has 15 nitrogen and oxygen atoms in total. The summed E-state index contributed by atoms with van der Waals surface area (Å²) in [6, 6.07) is 16.0. The standard InChI is InChI=1S/C52H68N10O5/c1-7-45(63)58-46(30(2)3)50(64)60-25-11-15-43(60)48-54-37-20-17-33(27-39(37)56-48)41-23-24-42(62(41)35-19-22-36(53-29-35)32-13-9-8-10-14-32)34-18-21-38-40(28-34)57-49(55-38)44-16-12-26-61(44)51(65)47(31(4)5)59-52(66)67-6/h17-22,27-32,41-44,46-47H,7-16,23-26H2,1-6H3,(H,54,56)(H,55,57)(H,58,63)(H,59,66)/t41-,42-,43+,44+,46+,47+/m1/s1. The second kappa shape index (κ2) is 19.7. The summed E-state index contributed by atoms with van der Waals surface area (Å²) in [5, 5.41) is 5.72. The van der Waals surface area contributed by atoms with Crippen LogP contribution < -0.4 is 15.5 Å². The first kappa shape index (κ1) is 46.1. The minimum absolute atomic E-state index is 0.0415. The lowest BCUT2D eigenvalue weighted by atomic mass is 9.87. The van der Waals surface area contributed by atoms with E-state index in [0.717, 1.165) is 77.9 Å². The number of carbonyl (C=O) groups excluding carboxylic acids is 4. The molecule has 4 N–H and O–H groups in total. The maximum absolute atomic E-state index is 14.0. The van der Waals surface area contributed by atoms with Crippen LogP contribution in [0.4, 0.5) is 10.5 Å². The highest BCUT2D eigenvalue weighted by Crippen LogP contribution is 2.48. The van der Waals surface area contributed by atoms with Crippen LogP contribution in [0, 0.1) is 11.8 Å². The lowest BCUT2D eigenvalue weighted by molar-refractivity contribution is -0.138. The van der Waals surface area contributed by atoms with Gasteiger partial charge in [0.2, 0.25) is 17.7 Å². The van der Waals surface area contributed by atoms with Crippen molar-refractivity contribution in [2.24, 2.45) is 11.8 Å². The van der Waals surface area contributed by atoms with Crippen LogP contribution in [0.25, 0.3) is 22.1 Å². The third-order valence-electron chi connectivity index (χ3n) is 15.0. The minimum atomic E-state index is -0.703. The lowest BCUT2D eigenvalue weighted by Crippen LogP contribution is -2.51. The number of ether oxygens (including phenoxy) is 1. The summed E-state index contributed by atoms with van der Waals surface area (Å²) >= 11 is 0. The minimum Gasteiger partial charge on any atom is -0.453 e. The molecule has 2 aromatic carbocycles. The maximum atomic E-state index is 14.0. The van der Waals surface area contributed by atoms with Crippen molar-refractivity contribution >= 4 is 51.6 Å². The summed E-state index contributed by atoms with van der Waals surface area (Å²) in [5.41, 5.74) is 8.19. The van der Waals surface area contributed by atoms with Crippen molar-refractivity contribution in [3.63, 3.8) is 0 Å². The number of carbonyl (C=O) groups is 4. The fourth-order valence-corrected chi connectivity index (χ4v) is 11.3. The Morgan fingerprint density at radius 1 is 0.672 bits per heavy atom. The molecule has 4 fully saturated rings. The van der Waals surface area contributed by atoms with E-state index in [-0.39, 0.29) is 53.7 Å². The van der Waals surface area contributed by atoms with Crippen LogP contribution in [-0.4, -0.2) is 90.8 Å². The third kappa shape index (κ3) is 9.34. The number of imidazole rings is 2. The second-order valence-electron chi connectivity index (χ2n) is 20.0. The Labute approximate surface area is 393 Å². The van der Waals surface area contributed by atoms with Crippen LogP contribution in [0.15, 0.2) is 54.7 Å². The van der Waals surface area contributed by atoms with Gasteiger partial charge >= 0.3 is 6.09 Å². The van der Waals surface area contributed by atoms with E-state index in [0.29, 0.717) is 25.4 Å². The number of amides is 4. The highest BCUT2D eigenvalue weighted by molar-refractivity contribution is 5.89. The molecule has 3 aliphatic heterocycles. The van der Waals surface area contributed by atoms with Gasteiger partial charge < -0.3 is 40.0 Å². The third-order valence-corrected chi connectivity index (χ3v) is 15.0. The summed E-state index contributed by atoms with van der Waals surface area (Å²) in [6.45, 7) is 10.8. The Morgan fingerprint density at radius 2 is 1.21 bits per heavy atom. The number of pyridine rings is 1. The average molecular weight is 913 g/mol. The molecule has 1 aliphatic carbocycles. The topological polar surface area (TPSA) is 182 Å². The van der Waals surface area contributed by atoms with Crippen molar-refractivity contribution in [2.45, 2.75) is 154 Å². The molecule has 4 amide bonds. The van der Waals surface area contributed by atoms with Crippen molar-refractivity contribution in [1.29, 1.82) is 0 Å². The van der Waals surface area contributed by atoms with Crippen LogP contribution in [0.1, 0.15) is 170 Å². The number of hydrogen-bond donors (Lipinski definition) is 4. The molecule has 67 heavy (non-hydrogen) atoms. The molecule has 9 rings (SSSR count). The number of likely N-dealkylation sites (tertiary alicyclic amines) is 2. The molecule has 0 radical (unpaired) electrons. The van der Waals surface area contributed by atoms with Gasteiger partial charge in [0.25, 0.3) is 0 Å². The van der Waals surface area contributed by atoms with Crippen molar-refractivity contribution < 1.29 is 23.9 Å². The van der Waals surface area contributed by atoms with Gasteiger partial charge in [0.1, 0.15) is 23.7 Å². The molecular formula is C52H68N10O5. The van der Waals surface area contributed by atoms with Gasteiger partial charge in [-0.25, -0.2) is 14.8 Å². The number of anilines is 1. The number of benzene rings is 2. The lowest BCUT2D eigenvalue weighted by Gasteiger charge is -2.33. The Bertz CT molecular complexity index is 2430. The number of alkyl carbamates (subject to hydrolysis) is 1. The van der Waals surface area contributed by atoms with E-state index in [4.69, 9.17) is 19.7 Å². The van der Waals surface area contributed by atoms with Crippen molar-refractivity contribution in [3.8, 4) is 0 Å². The Kier molecular flexibility index (Phi) is 13.6. The monoisotopic (exact) mass is 913 g/mol. The first-order valence-corrected chi connectivity index (χ1v) is 24.9. The first-order chi connectivity index (χ1) is 32.4. The first-order valence-electron chi connectivity index (χ1n) is 24.9. The molecule has 0 spiro atoms. The quantitative estimate of drug-likeness (QED) is 0.0895. The number of nitrogens with zero attached hydrogens (tertiary/aromatic N) is 6. The second-order valence-corrected chi connectivity index (χ2v) is 20.0. The molecule has 0 bridgehead atoms. The average Bonchev–Trinajstić information content (AvgIpc) is 4.20. The summed E-state index contributed by atoms with van der Waals surface area (Å²) in [5.74, 6) is 1.57. The smallest absolute Gasteiger partial charge is 0.407 e. The van der Waals surface area contributed by atoms with Gasteiger partial charge in [0, 0.05) is 31.1 Å². The van der Waals surface area contributed by atoms with E-state index >= 15 is 0 Å². The van der Waals surface area contributed by atoms with E-state index in [9.17, 15) is 19.2 Å². The Hall–Kier alpha value is -5.99. The van der Waals surface area contributed by atoms with Crippen LogP contribution in [0.3, 0.4) is 0 Å². The molecule has 6 heterocycles. The fraction of sp³-hybridized carbons (Fsp3) is 0.558. The van der Waals surface area contributed by atoms with Gasteiger partial charge in [-0.2, -0.15) is 0 Å². The number of hydrogen-bond acceptors (Lipinski definition) is 9. The van der Waals surface area contributed by atoms with E-state index in [1.54, 1.807) is 6.92 Å². The zero-order chi connectivity index (χ0) is 46.9. The molecule has 3 saturated heterocycles. The number of aromatic amines is 2. The highest BCUT2D eigenvalue weighted by Gasteiger charge is 2.40. The van der Waals surface area contributed by atoms with Crippen LogP contribution in [0.5, 0.6) is 0 Å². The summed E-state index contributed by atoms with van der Waals surface area (Å²) in [7, 11) is 1.31. The van der Waals surface area contributed by atoms with Gasteiger partial charge in [-0.3, -0.25) is 19.4 Å². The summed E-state index contributed by atoms with van der Waals surface area (Å²) in [4.78, 5) is 81.3. The van der Waals surface area contributed by atoms with Crippen molar-refractivity contribution in [3.05, 3.63) is 83.2 Å². The van der Waals surface area contributed by atoms with Gasteiger partial charge in [-0.15, -0.1) is 0 Å². The zero-order valence-electron chi connectivity index (χ0n) is 40.0. The van der Waals surface area contributed by atoms with Gasteiger partial charge in [-0.05, 0) is 111 Å². The zero-order valence-corrected chi connectivity index (χ0v) is 40.0.